The largest absolute Gasteiger partial charge is 0.340 e. The Morgan fingerprint density at radius 3 is 2.64 bits per heavy atom. The average molecular weight is 545 g/mol. The van der Waals surface area contributed by atoms with Crippen LogP contribution in [-0.4, -0.2) is 14.1 Å². The molecular formula is C24H22IrN3-. The maximum atomic E-state index is 4.68. The van der Waals surface area contributed by atoms with Gasteiger partial charge in [-0.1, -0.05) is 12.1 Å². The summed E-state index contributed by atoms with van der Waals surface area (Å²) < 4.78 is 4.49. The topological polar surface area (TPSA) is 22.8 Å². The van der Waals surface area contributed by atoms with Gasteiger partial charge in [0, 0.05) is 49.6 Å². The number of hydrogen-bond acceptors (Lipinski definition) is 1. The van der Waals surface area contributed by atoms with Crippen LogP contribution in [0.1, 0.15) is 28.9 Å². The van der Waals surface area contributed by atoms with Gasteiger partial charge >= 0.3 is 0 Å². The molecule has 2 aromatic heterocycles. The van der Waals surface area contributed by atoms with Crippen molar-refractivity contribution in [2.75, 3.05) is 0 Å². The zero-order valence-electron chi connectivity index (χ0n) is 16.1. The summed E-state index contributed by atoms with van der Waals surface area (Å²) in [5.41, 5.74) is 8.82. The Hall–Kier alpha value is -2.42. The molecule has 28 heavy (non-hydrogen) atoms. The minimum Gasteiger partial charge on any atom is -0.340 e. The van der Waals surface area contributed by atoms with E-state index in [0.717, 1.165) is 23.5 Å². The minimum atomic E-state index is 0. The van der Waals surface area contributed by atoms with Gasteiger partial charge in [-0.2, -0.15) is 0 Å². The van der Waals surface area contributed by atoms with Crippen LogP contribution in [-0.2, 0) is 32.9 Å². The molecule has 0 aliphatic heterocycles. The first-order valence-electron chi connectivity index (χ1n) is 9.54. The van der Waals surface area contributed by atoms with Gasteiger partial charge in [-0.05, 0) is 68.1 Å². The van der Waals surface area contributed by atoms with Crippen LogP contribution in [0.3, 0.4) is 0 Å². The summed E-state index contributed by atoms with van der Waals surface area (Å²) >= 11 is 0. The number of benzene rings is 2. The Morgan fingerprint density at radius 1 is 1.00 bits per heavy atom. The molecule has 0 amide bonds. The summed E-state index contributed by atoms with van der Waals surface area (Å²) in [5.74, 6) is 0.944. The van der Waals surface area contributed by atoms with Crippen LogP contribution in [0.15, 0.2) is 60.9 Å². The summed E-state index contributed by atoms with van der Waals surface area (Å²) in [6, 6.07) is 20.6. The average Bonchev–Trinajstić information content (AvgIpc) is 3.41. The van der Waals surface area contributed by atoms with E-state index in [0.29, 0.717) is 0 Å². The third kappa shape index (κ3) is 3.07. The number of fused-ring (bicyclic) bond motifs is 1. The van der Waals surface area contributed by atoms with E-state index in [9.17, 15) is 0 Å². The van der Waals surface area contributed by atoms with E-state index in [4.69, 9.17) is 0 Å². The third-order valence-corrected chi connectivity index (χ3v) is 5.58. The van der Waals surface area contributed by atoms with E-state index in [1.807, 2.05) is 12.3 Å². The van der Waals surface area contributed by atoms with Gasteiger partial charge in [-0.15, -0.1) is 29.8 Å². The molecule has 0 unspecified atom stereocenters. The van der Waals surface area contributed by atoms with Crippen LogP contribution >= 0.6 is 0 Å². The van der Waals surface area contributed by atoms with E-state index in [-0.39, 0.29) is 20.1 Å². The van der Waals surface area contributed by atoms with E-state index in [1.165, 1.54) is 41.0 Å². The van der Waals surface area contributed by atoms with Gasteiger partial charge in [-0.3, -0.25) is 4.98 Å². The second-order valence-electron chi connectivity index (χ2n) is 7.30. The Bertz CT molecular complexity index is 1120. The SMILES string of the molecule is Cc1ccc(C)n1-c1cc[c-]c(-c2nccn2-c2cccc3c2CCC3)c1.[Ir]. The molecule has 143 valence electrons. The van der Waals surface area contributed by atoms with Gasteiger partial charge < -0.3 is 9.13 Å². The van der Waals surface area contributed by atoms with Crippen LogP contribution < -0.4 is 0 Å². The molecule has 4 aromatic rings. The van der Waals surface area contributed by atoms with Crippen LogP contribution in [0, 0.1) is 19.9 Å². The van der Waals surface area contributed by atoms with Crippen molar-refractivity contribution in [2.24, 2.45) is 0 Å². The maximum absolute atomic E-state index is 4.68. The maximum Gasteiger partial charge on any atom is 0.0603 e. The van der Waals surface area contributed by atoms with Gasteiger partial charge in [0.25, 0.3) is 0 Å². The fourth-order valence-corrected chi connectivity index (χ4v) is 4.32. The van der Waals surface area contributed by atoms with Crippen LogP contribution in [0.4, 0.5) is 0 Å². The Balaban J connectivity index is 0.00000192. The molecule has 0 saturated heterocycles. The van der Waals surface area contributed by atoms with Crippen molar-refractivity contribution in [3.63, 3.8) is 0 Å². The number of hydrogen-bond donors (Lipinski definition) is 0. The smallest absolute Gasteiger partial charge is 0.0603 e. The van der Waals surface area contributed by atoms with E-state index >= 15 is 0 Å². The molecule has 0 N–H and O–H groups in total. The summed E-state index contributed by atoms with van der Waals surface area (Å²) in [6.45, 7) is 4.27. The van der Waals surface area contributed by atoms with Crippen molar-refractivity contribution in [1.29, 1.82) is 0 Å². The van der Waals surface area contributed by atoms with Crippen molar-refractivity contribution in [2.45, 2.75) is 33.1 Å². The molecule has 0 atom stereocenters. The molecule has 1 aliphatic rings. The molecule has 2 aromatic carbocycles. The zero-order chi connectivity index (χ0) is 18.4. The standard InChI is InChI=1S/C24H22N3.Ir/c1-17-12-13-18(2)27(17)21-9-3-8-20(16-21)24-25-14-15-26(24)23-11-5-7-19-6-4-10-22(19)23;/h3,5,7,9,11-16H,4,6,10H2,1-2H3;/q-1;. The third-order valence-electron chi connectivity index (χ3n) is 5.58. The normalized spacial score (nSPS) is 12.6. The quantitative estimate of drug-likeness (QED) is 0.324. The number of aromatic nitrogens is 3. The fourth-order valence-electron chi connectivity index (χ4n) is 4.32. The van der Waals surface area contributed by atoms with Crippen molar-refractivity contribution >= 4 is 0 Å². The number of rotatable bonds is 3. The second-order valence-corrected chi connectivity index (χ2v) is 7.30. The van der Waals surface area contributed by atoms with Crippen molar-refractivity contribution in [1.82, 2.24) is 14.1 Å². The zero-order valence-corrected chi connectivity index (χ0v) is 18.5. The molecule has 0 bridgehead atoms. The monoisotopic (exact) mass is 545 g/mol. The van der Waals surface area contributed by atoms with Crippen molar-refractivity contribution in [3.05, 3.63) is 89.5 Å². The van der Waals surface area contributed by atoms with E-state index in [2.05, 4.69) is 82.7 Å². The van der Waals surface area contributed by atoms with Crippen LogP contribution in [0.25, 0.3) is 22.8 Å². The van der Waals surface area contributed by atoms with Gasteiger partial charge in [0.2, 0.25) is 0 Å². The fraction of sp³-hybridized carbons (Fsp3) is 0.208. The summed E-state index contributed by atoms with van der Waals surface area (Å²) in [5, 5.41) is 0. The molecule has 0 fully saturated rings. The van der Waals surface area contributed by atoms with Gasteiger partial charge in [0.15, 0.2) is 0 Å². The molecule has 4 heteroatoms. The number of nitrogens with zero attached hydrogens (tertiary/aromatic N) is 3. The minimum absolute atomic E-state index is 0. The van der Waals surface area contributed by atoms with Gasteiger partial charge in [0.05, 0.1) is 5.82 Å². The summed E-state index contributed by atoms with van der Waals surface area (Å²) in [6.07, 6.45) is 7.52. The predicted octanol–water partition coefficient (Wildman–Crippen LogP) is 5.23. The summed E-state index contributed by atoms with van der Waals surface area (Å²) in [4.78, 5) is 4.68. The molecule has 2 heterocycles. The number of imidazole rings is 1. The summed E-state index contributed by atoms with van der Waals surface area (Å²) in [7, 11) is 0. The molecule has 1 radical (unpaired) electrons. The first-order chi connectivity index (χ1) is 13.2. The first kappa shape index (κ1) is 18.9. The van der Waals surface area contributed by atoms with Gasteiger partial charge in [-0.25, -0.2) is 0 Å². The van der Waals surface area contributed by atoms with Crippen molar-refractivity contribution in [3.8, 4) is 22.8 Å². The van der Waals surface area contributed by atoms with Crippen molar-refractivity contribution < 1.29 is 20.1 Å². The molecule has 0 saturated carbocycles. The van der Waals surface area contributed by atoms with E-state index < -0.39 is 0 Å². The molecule has 1 aliphatic carbocycles. The van der Waals surface area contributed by atoms with E-state index in [1.54, 1.807) is 0 Å². The second kappa shape index (κ2) is 7.54. The molecule has 3 nitrogen and oxygen atoms in total. The Kier molecular flexibility index (Phi) is 5.09. The Labute approximate surface area is 179 Å². The predicted molar refractivity (Wildman–Crippen MR) is 109 cm³/mol. The van der Waals surface area contributed by atoms with Gasteiger partial charge in [0.1, 0.15) is 0 Å². The Morgan fingerprint density at radius 2 is 1.82 bits per heavy atom. The van der Waals surface area contributed by atoms with Crippen LogP contribution in [0.2, 0.25) is 0 Å². The molecule has 5 rings (SSSR count). The first-order valence-corrected chi connectivity index (χ1v) is 9.54. The van der Waals surface area contributed by atoms with Crippen LogP contribution in [0.5, 0.6) is 0 Å². The molecular weight excluding hydrogens is 523 g/mol. The number of aryl methyl sites for hydroxylation is 3. The molecule has 0 spiro atoms.